The summed E-state index contributed by atoms with van der Waals surface area (Å²) in [4.78, 5) is 19.0. The van der Waals surface area contributed by atoms with Gasteiger partial charge in [-0.25, -0.2) is 9.78 Å². The van der Waals surface area contributed by atoms with Gasteiger partial charge in [0.1, 0.15) is 11.6 Å². The summed E-state index contributed by atoms with van der Waals surface area (Å²) in [6.07, 6.45) is 1.77. The zero-order valence-electron chi connectivity index (χ0n) is 19.2. The third kappa shape index (κ3) is 5.88. The molecule has 3 heterocycles. The number of carbonyl (C=O) groups is 1. The number of hydrogen-bond acceptors (Lipinski definition) is 7. The minimum atomic E-state index is -0.390. The molecule has 4 N–H and O–H groups in total. The molecule has 4 rings (SSSR count). The van der Waals surface area contributed by atoms with Crippen LogP contribution in [0.15, 0.2) is 47.1 Å². The molecule has 1 aliphatic heterocycles. The van der Waals surface area contributed by atoms with Gasteiger partial charge in [0.05, 0.1) is 13.2 Å². The normalized spacial score (nSPS) is 14.8. The van der Waals surface area contributed by atoms with E-state index in [1.54, 1.807) is 12.3 Å². The lowest BCUT2D eigenvalue weighted by molar-refractivity contribution is 0.0342. The number of amides is 2. The highest BCUT2D eigenvalue weighted by molar-refractivity contribution is 5.99. The van der Waals surface area contributed by atoms with E-state index in [0.29, 0.717) is 23.1 Å². The number of anilines is 3. The van der Waals surface area contributed by atoms with Crippen molar-refractivity contribution in [1.29, 1.82) is 0 Å². The van der Waals surface area contributed by atoms with E-state index in [4.69, 9.17) is 15.0 Å². The molecule has 1 aliphatic rings. The van der Waals surface area contributed by atoms with Crippen LogP contribution in [-0.4, -0.2) is 47.4 Å². The van der Waals surface area contributed by atoms with Crippen molar-refractivity contribution in [2.24, 2.45) is 0 Å². The number of carbonyl (C=O) groups excluding carboxylic acids is 1. The number of morpholine rings is 1. The van der Waals surface area contributed by atoms with Crippen molar-refractivity contribution >= 4 is 23.4 Å². The molecule has 2 aromatic heterocycles. The molecule has 0 saturated carbocycles. The van der Waals surface area contributed by atoms with Crippen LogP contribution in [0.1, 0.15) is 32.1 Å². The molecule has 0 unspecified atom stereocenters. The van der Waals surface area contributed by atoms with Gasteiger partial charge < -0.3 is 20.3 Å². The van der Waals surface area contributed by atoms with Crippen LogP contribution in [0.2, 0.25) is 0 Å². The van der Waals surface area contributed by atoms with Crippen molar-refractivity contribution in [3.63, 3.8) is 0 Å². The first-order valence-corrected chi connectivity index (χ1v) is 11.0. The van der Waals surface area contributed by atoms with Crippen molar-refractivity contribution in [3.8, 4) is 11.1 Å². The standard InChI is InChI=1S/C24H30N6O3/c1-24(2,3)20-13-21(29-33-20)28-23(31)27-19-6-4-16(5-7-19)17-12-18(22(25)26-14-17)15-30-8-10-32-11-9-30/h4-7,12-14H,8-11,15H2,1-3H3,(H2,25,26)(H2,27,28,29,31). The second-order valence-corrected chi connectivity index (χ2v) is 9.14. The van der Waals surface area contributed by atoms with Gasteiger partial charge in [-0.3, -0.25) is 10.2 Å². The maximum atomic E-state index is 12.3. The number of aromatic nitrogens is 2. The van der Waals surface area contributed by atoms with Gasteiger partial charge in [-0.1, -0.05) is 38.1 Å². The van der Waals surface area contributed by atoms with Crippen molar-refractivity contribution in [2.45, 2.75) is 32.7 Å². The number of nitrogens with two attached hydrogens (primary N) is 1. The first kappa shape index (κ1) is 22.8. The number of nitrogens with one attached hydrogen (secondary N) is 2. The van der Waals surface area contributed by atoms with E-state index in [9.17, 15) is 4.79 Å². The predicted octanol–water partition coefficient (Wildman–Crippen LogP) is 4.09. The fourth-order valence-electron chi connectivity index (χ4n) is 3.52. The maximum Gasteiger partial charge on any atom is 0.324 e. The Morgan fingerprint density at radius 2 is 1.82 bits per heavy atom. The molecule has 0 radical (unpaired) electrons. The third-order valence-electron chi connectivity index (χ3n) is 5.47. The fraction of sp³-hybridized carbons (Fsp3) is 0.375. The Kier molecular flexibility index (Phi) is 6.62. The lowest BCUT2D eigenvalue weighted by atomic mass is 9.93. The molecular weight excluding hydrogens is 420 g/mol. The van der Waals surface area contributed by atoms with Crippen molar-refractivity contribution in [1.82, 2.24) is 15.0 Å². The summed E-state index contributed by atoms with van der Waals surface area (Å²) in [6, 6.07) is 11.0. The van der Waals surface area contributed by atoms with Crippen molar-refractivity contribution < 1.29 is 14.1 Å². The molecule has 33 heavy (non-hydrogen) atoms. The molecule has 0 spiro atoms. The van der Waals surface area contributed by atoms with E-state index in [-0.39, 0.29) is 5.41 Å². The SMILES string of the molecule is CC(C)(C)c1cc(NC(=O)Nc2ccc(-c3cnc(N)c(CN4CCOCC4)c3)cc2)no1. The highest BCUT2D eigenvalue weighted by Crippen LogP contribution is 2.26. The molecule has 0 aliphatic carbocycles. The van der Waals surface area contributed by atoms with E-state index < -0.39 is 6.03 Å². The Morgan fingerprint density at radius 3 is 2.48 bits per heavy atom. The molecule has 3 aromatic rings. The van der Waals surface area contributed by atoms with Crippen LogP contribution < -0.4 is 16.4 Å². The van der Waals surface area contributed by atoms with Crippen LogP contribution in [0.3, 0.4) is 0 Å². The minimum Gasteiger partial charge on any atom is -0.383 e. The van der Waals surface area contributed by atoms with E-state index in [0.717, 1.165) is 49.5 Å². The van der Waals surface area contributed by atoms with E-state index in [1.165, 1.54) is 0 Å². The Labute approximate surface area is 193 Å². The topological polar surface area (TPSA) is 119 Å². The largest absolute Gasteiger partial charge is 0.383 e. The number of nitrogen functional groups attached to an aromatic ring is 1. The average Bonchev–Trinajstić information content (AvgIpc) is 3.25. The summed E-state index contributed by atoms with van der Waals surface area (Å²) in [5.41, 5.74) is 9.55. The summed E-state index contributed by atoms with van der Waals surface area (Å²) < 4.78 is 10.7. The van der Waals surface area contributed by atoms with Gasteiger partial charge in [0, 0.05) is 54.1 Å². The highest BCUT2D eigenvalue weighted by Gasteiger charge is 2.20. The molecule has 174 valence electrons. The first-order chi connectivity index (χ1) is 15.8. The molecule has 0 bridgehead atoms. The average molecular weight is 451 g/mol. The van der Waals surface area contributed by atoms with Crippen LogP contribution in [-0.2, 0) is 16.7 Å². The number of hydrogen-bond donors (Lipinski definition) is 3. The van der Waals surface area contributed by atoms with Gasteiger partial charge in [0.2, 0.25) is 0 Å². The Hall–Kier alpha value is -3.43. The van der Waals surface area contributed by atoms with Gasteiger partial charge >= 0.3 is 6.03 Å². The van der Waals surface area contributed by atoms with Crippen LogP contribution in [0, 0.1) is 0 Å². The molecule has 1 fully saturated rings. The number of nitrogens with zero attached hydrogens (tertiary/aromatic N) is 3. The van der Waals surface area contributed by atoms with Crippen molar-refractivity contribution in [3.05, 3.63) is 53.9 Å². The fourth-order valence-corrected chi connectivity index (χ4v) is 3.52. The number of benzene rings is 1. The monoisotopic (exact) mass is 450 g/mol. The minimum absolute atomic E-state index is 0.182. The number of rotatable bonds is 5. The highest BCUT2D eigenvalue weighted by atomic mass is 16.5. The number of urea groups is 1. The van der Waals surface area contributed by atoms with Gasteiger partial charge in [-0.15, -0.1) is 0 Å². The summed E-state index contributed by atoms with van der Waals surface area (Å²) in [7, 11) is 0. The van der Waals surface area contributed by atoms with E-state index in [1.807, 2.05) is 45.0 Å². The molecule has 1 aromatic carbocycles. The summed E-state index contributed by atoms with van der Waals surface area (Å²) in [5, 5.41) is 9.40. The van der Waals surface area contributed by atoms with Crippen LogP contribution in [0.5, 0.6) is 0 Å². The maximum absolute atomic E-state index is 12.3. The van der Waals surface area contributed by atoms with E-state index >= 15 is 0 Å². The number of ether oxygens (including phenoxy) is 1. The van der Waals surface area contributed by atoms with Crippen LogP contribution >= 0.6 is 0 Å². The van der Waals surface area contributed by atoms with Crippen molar-refractivity contribution in [2.75, 3.05) is 42.7 Å². The second-order valence-electron chi connectivity index (χ2n) is 9.14. The Balaban J connectivity index is 1.39. The van der Waals surface area contributed by atoms with Gasteiger partial charge in [-0.05, 0) is 23.8 Å². The van der Waals surface area contributed by atoms with E-state index in [2.05, 4.69) is 31.7 Å². The van der Waals surface area contributed by atoms with Gasteiger partial charge in [-0.2, -0.15) is 0 Å². The summed E-state index contributed by atoms with van der Waals surface area (Å²) >= 11 is 0. The Bertz CT molecular complexity index is 1100. The molecule has 9 heteroatoms. The molecule has 2 amide bonds. The zero-order chi connectivity index (χ0) is 23.4. The predicted molar refractivity (Wildman–Crippen MR) is 128 cm³/mol. The molecular formula is C24H30N6O3. The van der Waals surface area contributed by atoms with Gasteiger partial charge in [0.25, 0.3) is 0 Å². The Morgan fingerprint density at radius 1 is 1.09 bits per heavy atom. The lowest BCUT2D eigenvalue weighted by Crippen LogP contribution is -2.35. The summed E-state index contributed by atoms with van der Waals surface area (Å²) in [6.45, 7) is 10.0. The molecule has 0 atom stereocenters. The first-order valence-electron chi connectivity index (χ1n) is 11.0. The zero-order valence-corrected chi connectivity index (χ0v) is 19.2. The molecule has 1 saturated heterocycles. The third-order valence-corrected chi connectivity index (χ3v) is 5.47. The quantitative estimate of drug-likeness (QED) is 0.536. The van der Waals surface area contributed by atoms with Crippen LogP contribution in [0.25, 0.3) is 11.1 Å². The van der Waals surface area contributed by atoms with Crippen LogP contribution in [0.4, 0.5) is 22.1 Å². The molecule has 9 nitrogen and oxygen atoms in total. The van der Waals surface area contributed by atoms with Gasteiger partial charge in [0.15, 0.2) is 5.82 Å². The summed E-state index contributed by atoms with van der Waals surface area (Å²) in [5.74, 6) is 1.62. The second kappa shape index (κ2) is 9.60. The smallest absolute Gasteiger partial charge is 0.324 e. The number of pyridine rings is 1. The lowest BCUT2D eigenvalue weighted by Gasteiger charge is -2.27.